The highest BCUT2D eigenvalue weighted by molar-refractivity contribution is 7.89. The number of amides is 1. The lowest BCUT2D eigenvalue weighted by Crippen LogP contribution is -2.43. The van der Waals surface area contributed by atoms with Gasteiger partial charge in [0.15, 0.2) is 0 Å². The van der Waals surface area contributed by atoms with E-state index in [9.17, 15) is 22.0 Å². The fraction of sp³-hybridized carbons (Fsp3) is 0.435. The van der Waals surface area contributed by atoms with Crippen LogP contribution in [0.1, 0.15) is 38.2 Å². The summed E-state index contributed by atoms with van der Waals surface area (Å²) in [5, 5.41) is 2.89. The monoisotopic (exact) mass is 466 g/mol. The molecule has 1 aliphatic rings. The first kappa shape index (κ1) is 24.1. The van der Waals surface area contributed by atoms with E-state index < -0.39 is 26.6 Å². The van der Waals surface area contributed by atoms with Crippen molar-refractivity contribution in [2.45, 2.75) is 44.0 Å². The zero-order valence-corrected chi connectivity index (χ0v) is 18.8. The maximum absolute atomic E-state index is 14.0. The number of nitrogens with one attached hydrogen (secondary N) is 1. The SMILES string of the molecule is CCCCOc1cccc(CNC(=O)C2CCN(S(=O)(=O)c3cc(F)ccc3F)CC2)c1. The van der Waals surface area contributed by atoms with Crippen LogP contribution in [0.2, 0.25) is 0 Å². The van der Waals surface area contributed by atoms with Crippen LogP contribution in [0.25, 0.3) is 0 Å². The standard InChI is InChI=1S/C23H28F2N2O4S/c1-2-3-13-31-20-6-4-5-17(14-20)16-26-23(28)18-9-11-27(12-10-18)32(29,30)22-15-19(24)7-8-21(22)25/h4-8,14-15,18H,2-3,9-13,16H2,1H3,(H,26,28). The number of nitrogens with zero attached hydrogens (tertiary/aromatic N) is 1. The van der Waals surface area contributed by atoms with Gasteiger partial charge in [-0.25, -0.2) is 17.2 Å². The van der Waals surface area contributed by atoms with E-state index in [0.29, 0.717) is 32.1 Å². The average molecular weight is 467 g/mol. The lowest BCUT2D eigenvalue weighted by atomic mass is 9.97. The van der Waals surface area contributed by atoms with Crippen LogP contribution in [0.3, 0.4) is 0 Å². The Morgan fingerprint density at radius 3 is 2.62 bits per heavy atom. The van der Waals surface area contributed by atoms with Crippen LogP contribution in [0.5, 0.6) is 5.75 Å². The Hall–Kier alpha value is -2.52. The van der Waals surface area contributed by atoms with E-state index in [4.69, 9.17) is 4.74 Å². The minimum atomic E-state index is -4.16. The molecular formula is C23H28F2N2O4S. The quantitative estimate of drug-likeness (QED) is 0.570. The number of unbranched alkanes of at least 4 members (excludes halogenated alkanes) is 1. The fourth-order valence-corrected chi connectivity index (χ4v) is 5.13. The van der Waals surface area contributed by atoms with Crippen LogP contribution in [0, 0.1) is 17.6 Å². The fourth-order valence-electron chi connectivity index (χ4n) is 3.59. The van der Waals surface area contributed by atoms with Crippen LogP contribution in [0.15, 0.2) is 47.4 Å². The smallest absolute Gasteiger partial charge is 0.246 e. The summed E-state index contributed by atoms with van der Waals surface area (Å²) < 4.78 is 59.5. The van der Waals surface area contributed by atoms with E-state index in [1.54, 1.807) is 0 Å². The van der Waals surface area contributed by atoms with E-state index in [1.165, 1.54) is 0 Å². The van der Waals surface area contributed by atoms with Gasteiger partial charge in [-0.1, -0.05) is 25.5 Å². The molecule has 1 fully saturated rings. The Kier molecular flexibility index (Phi) is 8.20. The molecule has 9 heteroatoms. The summed E-state index contributed by atoms with van der Waals surface area (Å²) in [6.45, 7) is 3.22. The summed E-state index contributed by atoms with van der Waals surface area (Å²) in [7, 11) is -4.16. The summed E-state index contributed by atoms with van der Waals surface area (Å²) in [6.07, 6.45) is 2.64. The number of hydrogen-bond acceptors (Lipinski definition) is 4. The van der Waals surface area contributed by atoms with Gasteiger partial charge in [0.1, 0.15) is 22.3 Å². The van der Waals surface area contributed by atoms with Crippen molar-refractivity contribution >= 4 is 15.9 Å². The average Bonchev–Trinajstić information content (AvgIpc) is 2.79. The molecule has 1 amide bonds. The lowest BCUT2D eigenvalue weighted by molar-refractivity contribution is -0.126. The van der Waals surface area contributed by atoms with Crippen LogP contribution < -0.4 is 10.1 Å². The molecule has 0 saturated carbocycles. The van der Waals surface area contributed by atoms with Gasteiger partial charge in [-0.15, -0.1) is 0 Å². The van der Waals surface area contributed by atoms with Crippen molar-refractivity contribution in [1.82, 2.24) is 9.62 Å². The van der Waals surface area contributed by atoms with Crippen LogP contribution in [-0.4, -0.2) is 38.3 Å². The molecule has 1 aliphatic heterocycles. The molecule has 1 saturated heterocycles. The van der Waals surface area contributed by atoms with Crippen molar-refractivity contribution in [3.63, 3.8) is 0 Å². The summed E-state index contributed by atoms with van der Waals surface area (Å²) in [6, 6.07) is 9.89. The largest absolute Gasteiger partial charge is 0.494 e. The molecule has 0 aliphatic carbocycles. The first-order chi connectivity index (χ1) is 15.3. The van der Waals surface area contributed by atoms with Crippen molar-refractivity contribution in [3.8, 4) is 5.75 Å². The molecule has 32 heavy (non-hydrogen) atoms. The van der Waals surface area contributed by atoms with Gasteiger partial charge < -0.3 is 10.1 Å². The third-order valence-corrected chi connectivity index (χ3v) is 7.38. The third-order valence-electron chi connectivity index (χ3n) is 5.47. The number of sulfonamides is 1. The van der Waals surface area contributed by atoms with Crippen LogP contribution in [0.4, 0.5) is 8.78 Å². The number of carbonyl (C=O) groups is 1. The molecular weight excluding hydrogens is 438 g/mol. The molecule has 0 unspecified atom stereocenters. The maximum Gasteiger partial charge on any atom is 0.246 e. The number of carbonyl (C=O) groups excluding carboxylic acids is 1. The Balaban J connectivity index is 1.52. The highest BCUT2D eigenvalue weighted by Crippen LogP contribution is 2.26. The van der Waals surface area contributed by atoms with E-state index in [0.717, 1.165) is 40.6 Å². The topological polar surface area (TPSA) is 75.7 Å². The number of halogens is 2. The Morgan fingerprint density at radius 1 is 1.16 bits per heavy atom. The minimum Gasteiger partial charge on any atom is -0.494 e. The summed E-state index contributed by atoms with van der Waals surface area (Å²) in [5.74, 6) is -1.56. The first-order valence-electron chi connectivity index (χ1n) is 10.8. The molecule has 0 aromatic heterocycles. The van der Waals surface area contributed by atoms with Crippen molar-refractivity contribution in [2.75, 3.05) is 19.7 Å². The molecule has 2 aromatic rings. The Labute approximate surface area is 187 Å². The van der Waals surface area contributed by atoms with Crippen molar-refractivity contribution in [2.24, 2.45) is 5.92 Å². The van der Waals surface area contributed by atoms with Gasteiger partial charge in [-0.05, 0) is 55.2 Å². The lowest BCUT2D eigenvalue weighted by Gasteiger charge is -2.30. The maximum atomic E-state index is 14.0. The molecule has 1 N–H and O–H groups in total. The summed E-state index contributed by atoms with van der Waals surface area (Å²) >= 11 is 0. The molecule has 2 aromatic carbocycles. The van der Waals surface area contributed by atoms with Gasteiger partial charge in [-0.2, -0.15) is 4.31 Å². The van der Waals surface area contributed by atoms with Gasteiger partial charge in [0, 0.05) is 25.6 Å². The number of piperidine rings is 1. The van der Waals surface area contributed by atoms with Gasteiger partial charge in [0.2, 0.25) is 15.9 Å². The predicted octanol–water partition coefficient (Wildman–Crippen LogP) is 3.86. The zero-order valence-electron chi connectivity index (χ0n) is 18.0. The second-order valence-corrected chi connectivity index (χ2v) is 9.73. The number of rotatable bonds is 9. The molecule has 0 atom stereocenters. The van der Waals surface area contributed by atoms with Crippen LogP contribution in [-0.2, 0) is 21.4 Å². The van der Waals surface area contributed by atoms with E-state index >= 15 is 0 Å². The second-order valence-electron chi connectivity index (χ2n) is 7.82. The van der Waals surface area contributed by atoms with E-state index in [1.807, 2.05) is 24.3 Å². The van der Waals surface area contributed by atoms with Gasteiger partial charge >= 0.3 is 0 Å². The highest BCUT2D eigenvalue weighted by atomic mass is 32.2. The molecule has 0 spiro atoms. The number of ether oxygens (including phenoxy) is 1. The molecule has 0 radical (unpaired) electrons. The van der Waals surface area contributed by atoms with E-state index in [2.05, 4.69) is 12.2 Å². The molecule has 3 rings (SSSR count). The van der Waals surface area contributed by atoms with Gasteiger partial charge in [0.05, 0.1) is 6.61 Å². The summed E-state index contributed by atoms with van der Waals surface area (Å²) in [5.41, 5.74) is 0.911. The molecule has 1 heterocycles. The van der Waals surface area contributed by atoms with Gasteiger partial charge in [-0.3, -0.25) is 4.79 Å². The second kappa shape index (κ2) is 10.9. The molecule has 6 nitrogen and oxygen atoms in total. The minimum absolute atomic E-state index is 0.0666. The molecule has 174 valence electrons. The Bertz CT molecular complexity index is 1040. The van der Waals surface area contributed by atoms with Gasteiger partial charge in [0.25, 0.3) is 0 Å². The first-order valence-corrected chi connectivity index (χ1v) is 12.2. The van der Waals surface area contributed by atoms with Crippen molar-refractivity contribution < 1.29 is 26.7 Å². The number of benzene rings is 2. The third kappa shape index (κ3) is 6.04. The zero-order chi connectivity index (χ0) is 23.1. The number of hydrogen-bond donors (Lipinski definition) is 1. The Morgan fingerprint density at radius 2 is 1.91 bits per heavy atom. The normalized spacial score (nSPS) is 15.5. The predicted molar refractivity (Wildman–Crippen MR) is 117 cm³/mol. The van der Waals surface area contributed by atoms with E-state index in [-0.39, 0.29) is 24.9 Å². The summed E-state index contributed by atoms with van der Waals surface area (Å²) in [4.78, 5) is 11.9. The van der Waals surface area contributed by atoms with Crippen LogP contribution >= 0.6 is 0 Å². The highest BCUT2D eigenvalue weighted by Gasteiger charge is 2.33. The van der Waals surface area contributed by atoms with Crippen molar-refractivity contribution in [3.05, 3.63) is 59.7 Å². The van der Waals surface area contributed by atoms with Crippen molar-refractivity contribution in [1.29, 1.82) is 0 Å². The molecule has 0 bridgehead atoms.